The van der Waals surface area contributed by atoms with Crippen LogP contribution in [-0.4, -0.2) is 53.5 Å². The molecule has 20 heavy (non-hydrogen) atoms. The van der Waals surface area contributed by atoms with E-state index in [4.69, 9.17) is 9.47 Å². The Morgan fingerprint density at radius 2 is 2.35 bits per heavy atom. The van der Waals surface area contributed by atoms with Crippen molar-refractivity contribution in [1.82, 2.24) is 9.97 Å². The van der Waals surface area contributed by atoms with Crippen LogP contribution in [0.25, 0.3) is 0 Å². The third kappa shape index (κ3) is 3.64. The van der Waals surface area contributed by atoms with E-state index in [0.29, 0.717) is 37.9 Å². The number of rotatable bonds is 5. The van der Waals surface area contributed by atoms with Crippen LogP contribution in [0.15, 0.2) is 6.20 Å². The van der Waals surface area contributed by atoms with E-state index in [1.807, 2.05) is 13.8 Å². The Kier molecular flexibility index (Phi) is 4.86. The molecule has 1 aliphatic heterocycles. The van der Waals surface area contributed by atoms with Crippen LogP contribution in [0.5, 0.6) is 0 Å². The highest BCUT2D eigenvalue weighted by Crippen LogP contribution is 2.16. The highest BCUT2D eigenvalue weighted by Gasteiger charge is 2.18. The Hall–Kier alpha value is -1.73. The van der Waals surface area contributed by atoms with Crippen molar-refractivity contribution in [3.05, 3.63) is 17.7 Å². The minimum atomic E-state index is -1.07. The SMILES string of the molecule is CC(C)c1ncc(NCC2COCCO2)c(C(=O)O)n1. The number of ether oxygens (including phenoxy) is 2. The van der Waals surface area contributed by atoms with E-state index in [0.717, 1.165) is 0 Å². The van der Waals surface area contributed by atoms with E-state index >= 15 is 0 Å². The van der Waals surface area contributed by atoms with Gasteiger partial charge < -0.3 is 19.9 Å². The lowest BCUT2D eigenvalue weighted by molar-refractivity contribution is -0.0818. The second kappa shape index (κ2) is 6.62. The molecule has 1 fully saturated rings. The van der Waals surface area contributed by atoms with Gasteiger partial charge >= 0.3 is 5.97 Å². The molecule has 0 spiro atoms. The monoisotopic (exact) mass is 281 g/mol. The fraction of sp³-hybridized carbons (Fsp3) is 0.615. The van der Waals surface area contributed by atoms with Gasteiger partial charge in [0, 0.05) is 12.5 Å². The lowest BCUT2D eigenvalue weighted by atomic mass is 10.2. The standard InChI is InChI=1S/C13H19N3O4/c1-8(2)12-15-6-10(11(16-12)13(17)18)14-5-9-7-19-3-4-20-9/h6,8-9,14H,3-5,7H2,1-2H3,(H,17,18). The van der Waals surface area contributed by atoms with E-state index in [-0.39, 0.29) is 17.7 Å². The molecule has 0 aromatic carbocycles. The number of carboxylic acids is 1. The van der Waals surface area contributed by atoms with Crippen molar-refractivity contribution in [2.24, 2.45) is 0 Å². The van der Waals surface area contributed by atoms with Crippen molar-refractivity contribution < 1.29 is 19.4 Å². The molecule has 1 aliphatic rings. The predicted molar refractivity (Wildman–Crippen MR) is 72.1 cm³/mol. The Morgan fingerprint density at radius 1 is 1.55 bits per heavy atom. The number of nitrogens with zero attached hydrogens (tertiary/aromatic N) is 2. The molecular formula is C13H19N3O4. The molecule has 0 bridgehead atoms. The molecule has 1 unspecified atom stereocenters. The van der Waals surface area contributed by atoms with Crippen LogP contribution in [0.1, 0.15) is 36.1 Å². The topological polar surface area (TPSA) is 93.6 Å². The maximum atomic E-state index is 11.3. The molecule has 2 heterocycles. The number of hydrogen-bond acceptors (Lipinski definition) is 6. The van der Waals surface area contributed by atoms with Crippen LogP contribution in [0.2, 0.25) is 0 Å². The highest BCUT2D eigenvalue weighted by atomic mass is 16.6. The lowest BCUT2D eigenvalue weighted by Gasteiger charge is -2.23. The van der Waals surface area contributed by atoms with Gasteiger partial charge in [-0.25, -0.2) is 14.8 Å². The summed E-state index contributed by atoms with van der Waals surface area (Å²) in [6.07, 6.45) is 1.42. The zero-order valence-corrected chi connectivity index (χ0v) is 11.6. The van der Waals surface area contributed by atoms with Crippen molar-refractivity contribution in [2.75, 3.05) is 31.7 Å². The average molecular weight is 281 g/mol. The first-order valence-corrected chi connectivity index (χ1v) is 6.61. The third-order valence-electron chi connectivity index (χ3n) is 2.93. The summed E-state index contributed by atoms with van der Waals surface area (Å²) in [4.78, 5) is 19.5. The summed E-state index contributed by atoms with van der Waals surface area (Å²) in [6.45, 7) is 5.96. The van der Waals surface area contributed by atoms with Gasteiger partial charge in [0.25, 0.3) is 0 Å². The molecule has 7 nitrogen and oxygen atoms in total. The van der Waals surface area contributed by atoms with Gasteiger partial charge in [0.05, 0.1) is 37.8 Å². The Morgan fingerprint density at radius 3 is 2.95 bits per heavy atom. The second-order valence-electron chi connectivity index (χ2n) is 4.90. The Balaban J connectivity index is 2.07. The van der Waals surface area contributed by atoms with Gasteiger partial charge in [-0.05, 0) is 0 Å². The smallest absolute Gasteiger partial charge is 0.356 e. The van der Waals surface area contributed by atoms with Crippen LogP contribution in [0.3, 0.4) is 0 Å². The van der Waals surface area contributed by atoms with Gasteiger partial charge in [0.2, 0.25) is 0 Å². The summed E-state index contributed by atoms with van der Waals surface area (Å²) in [7, 11) is 0. The molecule has 2 rings (SSSR count). The molecular weight excluding hydrogens is 262 g/mol. The molecule has 1 aromatic heterocycles. The molecule has 1 aromatic rings. The first-order valence-electron chi connectivity index (χ1n) is 6.61. The zero-order valence-electron chi connectivity index (χ0n) is 11.6. The van der Waals surface area contributed by atoms with Crippen molar-refractivity contribution in [1.29, 1.82) is 0 Å². The van der Waals surface area contributed by atoms with Gasteiger partial charge in [0.1, 0.15) is 5.82 Å². The zero-order chi connectivity index (χ0) is 14.5. The van der Waals surface area contributed by atoms with Crippen LogP contribution in [0, 0.1) is 0 Å². The van der Waals surface area contributed by atoms with Crippen molar-refractivity contribution in [2.45, 2.75) is 25.9 Å². The molecule has 1 saturated heterocycles. The summed E-state index contributed by atoms with van der Waals surface area (Å²) in [5.41, 5.74) is 0.386. The van der Waals surface area contributed by atoms with Gasteiger partial charge in [-0.1, -0.05) is 13.8 Å². The predicted octanol–water partition coefficient (Wildman–Crippen LogP) is 1.13. The van der Waals surface area contributed by atoms with Crippen molar-refractivity contribution >= 4 is 11.7 Å². The molecule has 0 radical (unpaired) electrons. The van der Waals surface area contributed by atoms with Crippen LogP contribution < -0.4 is 5.32 Å². The summed E-state index contributed by atoms with van der Waals surface area (Å²) in [6, 6.07) is 0. The lowest BCUT2D eigenvalue weighted by Crippen LogP contribution is -2.34. The number of aromatic carboxylic acids is 1. The largest absolute Gasteiger partial charge is 0.476 e. The molecule has 0 saturated carbocycles. The minimum Gasteiger partial charge on any atom is -0.476 e. The van der Waals surface area contributed by atoms with Crippen molar-refractivity contribution in [3.8, 4) is 0 Å². The minimum absolute atomic E-state index is 0.0135. The molecule has 2 N–H and O–H groups in total. The number of nitrogens with one attached hydrogen (secondary N) is 1. The first-order chi connectivity index (χ1) is 9.58. The second-order valence-corrected chi connectivity index (χ2v) is 4.90. The normalized spacial score (nSPS) is 19.1. The van der Waals surface area contributed by atoms with E-state index in [9.17, 15) is 9.90 Å². The number of aromatic nitrogens is 2. The fourth-order valence-electron chi connectivity index (χ4n) is 1.84. The first kappa shape index (κ1) is 14.7. The third-order valence-corrected chi connectivity index (χ3v) is 2.93. The van der Waals surface area contributed by atoms with Crippen LogP contribution >= 0.6 is 0 Å². The van der Waals surface area contributed by atoms with Gasteiger partial charge in [0.15, 0.2) is 5.69 Å². The number of anilines is 1. The highest BCUT2D eigenvalue weighted by molar-refractivity contribution is 5.91. The van der Waals surface area contributed by atoms with Gasteiger partial charge in [-0.15, -0.1) is 0 Å². The Bertz CT molecular complexity index is 473. The van der Waals surface area contributed by atoms with E-state index in [1.165, 1.54) is 6.20 Å². The summed E-state index contributed by atoms with van der Waals surface area (Å²) < 4.78 is 10.8. The number of carboxylic acid groups (broad SMARTS) is 1. The van der Waals surface area contributed by atoms with Gasteiger partial charge in [-0.2, -0.15) is 0 Å². The quantitative estimate of drug-likeness (QED) is 0.835. The number of carbonyl (C=O) groups is 1. The summed E-state index contributed by atoms with van der Waals surface area (Å²) >= 11 is 0. The van der Waals surface area contributed by atoms with Crippen molar-refractivity contribution in [3.63, 3.8) is 0 Å². The van der Waals surface area contributed by atoms with E-state index < -0.39 is 5.97 Å². The molecule has 0 aliphatic carbocycles. The molecule has 1 atom stereocenters. The van der Waals surface area contributed by atoms with Gasteiger partial charge in [-0.3, -0.25) is 0 Å². The fourth-order valence-corrected chi connectivity index (χ4v) is 1.84. The number of hydrogen-bond donors (Lipinski definition) is 2. The average Bonchev–Trinajstić information content (AvgIpc) is 2.45. The summed E-state index contributed by atoms with van der Waals surface area (Å²) in [5, 5.41) is 12.2. The maximum absolute atomic E-state index is 11.3. The molecule has 7 heteroatoms. The maximum Gasteiger partial charge on any atom is 0.356 e. The van der Waals surface area contributed by atoms with E-state index in [1.54, 1.807) is 0 Å². The summed E-state index contributed by atoms with van der Waals surface area (Å²) in [5.74, 6) is -0.472. The molecule has 110 valence electrons. The van der Waals surface area contributed by atoms with Crippen LogP contribution in [-0.2, 0) is 9.47 Å². The van der Waals surface area contributed by atoms with Crippen LogP contribution in [0.4, 0.5) is 5.69 Å². The Labute approximate surface area is 117 Å². The van der Waals surface area contributed by atoms with E-state index in [2.05, 4.69) is 15.3 Å². The molecule has 0 amide bonds.